The fourth-order valence-corrected chi connectivity index (χ4v) is 1.69. The highest BCUT2D eigenvalue weighted by Crippen LogP contribution is 2.28. The van der Waals surface area contributed by atoms with Crippen molar-refractivity contribution in [2.24, 2.45) is 11.8 Å². The van der Waals surface area contributed by atoms with Gasteiger partial charge in [0.15, 0.2) is 0 Å². The van der Waals surface area contributed by atoms with E-state index in [1.54, 1.807) is 7.11 Å². The molecule has 1 N–H and O–H groups in total. The molecule has 0 bridgehead atoms. The van der Waals surface area contributed by atoms with Gasteiger partial charge in [-0.15, -0.1) is 0 Å². The molecule has 1 rings (SSSR count). The number of hydrogen-bond donors (Lipinski definition) is 1. The molecule has 94 valence electrons. The van der Waals surface area contributed by atoms with Crippen molar-refractivity contribution in [2.75, 3.05) is 12.4 Å². The molecule has 0 aromatic heterocycles. The van der Waals surface area contributed by atoms with Crippen LogP contribution in [0.25, 0.3) is 0 Å². The Bertz CT molecular complexity index is 404. The molecule has 0 aliphatic heterocycles. The Hall–Kier alpha value is -1.03. The highest BCUT2D eigenvalue weighted by atomic mass is 79.9. The number of hydrogen-bond acceptors (Lipinski definition) is 2. The van der Waals surface area contributed by atoms with Gasteiger partial charge >= 0.3 is 0 Å². The fourth-order valence-electron chi connectivity index (χ4n) is 1.33. The lowest BCUT2D eigenvalue weighted by molar-refractivity contribution is -0.120. The molecule has 0 radical (unpaired) electrons. The molecule has 3 nitrogen and oxygen atoms in total. The molecule has 1 unspecified atom stereocenters. The van der Waals surface area contributed by atoms with Crippen LogP contribution in [0.1, 0.15) is 20.8 Å². The molecule has 0 saturated heterocycles. The molecule has 0 saturated carbocycles. The number of amides is 1. The predicted octanol–water partition coefficient (Wildman–Crippen LogP) is 3.69. The molecule has 0 heterocycles. The summed E-state index contributed by atoms with van der Waals surface area (Å²) in [4.78, 5) is 12.0. The summed E-state index contributed by atoms with van der Waals surface area (Å²) in [6.07, 6.45) is 0. The zero-order valence-electron chi connectivity index (χ0n) is 10.6. The molecule has 0 fully saturated rings. The number of methoxy groups -OCH3 is 1. The van der Waals surface area contributed by atoms with Crippen LogP contribution in [0, 0.1) is 11.8 Å². The lowest BCUT2D eigenvalue weighted by Gasteiger charge is -2.17. The first-order chi connectivity index (χ1) is 7.95. The molecule has 1 amide bonds. The van der Waals surface area contributed by atoms with Gasteiger partial charge in [-0.3, -0.25) is 4.79 Å². The summed E-state index contributed by atoms with van der Waals surface area (Å²) in [5.41, 5.74) is 0.694. The van der Waals surface area contributed by atoms with Crippen molar-refractivity contribution in [3.8, 4) is 5.75 Å². The number of anilines is 1. The Morgan fingerprint density at radius 3 is 2.53 bits per heavy atom. The molecule has 1 aromatic carbocycles. The quantitative estimate of drug-likeness (QED) is 0.921. The predicted molar refractivity (Wildman–Crippen MR) is 73.3 cm³/mol. The van der Waals surface area contributed by atoms with Crippen molar-refractivity contribution >= 4 is 27.5 Å². The summed E-state index contributed by atoms with van der Waals surface area (Å²) in [5, 5.41) is 2.89. The highest BCUT2D eigenvalue weighted by molar-refractivity contribution is 9.10. The lowest BCUT2D eigenvalue weighted by Crippen LogP contribution is -2.24. The average Bonchev–Trinajstić information content (AvgIpc) is 2.28. The molecular formula is C13H18BrNO2. The van der Waals surface area contributed by atoms with Gasteiger partial charge in [-0.2, -0.15) is 0 Å². The van der Waals surface area contributed by atoms with Crippen LogP contribution >= 0.6 is 15.9 Å². The van der Waals surface area contributed by atoms with Gasteiger partial charge in [-0.25, -0.2) is 0 Å². The van der Waals surface area contributed by atoms with Gasteiger partial charge in [-0.1, -0.05) is 36.7 Å². The van der Waals surface area contributed by atoms with Crippen LogP contribution in [0.15, 0.2) is 22.7 Å². The minimum absolute atomic E-state index is 0.0106. The third-order valence-electron chi connectivity index (χ3n) is 2.83. The van der Waals surface area contributed by atoms with Crippen LogP contribution in [-0.2, 0) is 4.79 Å². The van der Waals surface area contributed by atoms with Gasteiger partial charge in [0.1, 0.15) is 5.75 Å². The first-order valence-electron chi connectivity index (χ1n) is 5.60. The minimum atomic E-state index is -0.0290. The average molecular weight is 300 g/mol. The van der Waals surface area contributed by atoms with Crippen LogP contribution in [-0.4, -0.2) is 13.0 Å². The van der Waals surface area contributed by atoms with Crippen LogP contribution in [0.4, 0.5) is 5.69 Å². The lowest BCUT2D eigenvalue weighted by atomic mass is 9.97. The largest absolute Gasteiger partial charge is 0.495 e. The van der Waals surface area contributed by atoms with Crippen LogP contribution in [0.3, 0.4) is 0 Å². The maximum absolute atomic E-state index is 12.0. The van der Waals surface area contributed by atoms with E-state index in [-0.39, 0.29) is 11.8 Å². The third kappa shape index (κ3) is 3.73. The van der Waals surface area contributed by atoms with E-state index in [0.29, 0.717) is 17.4 Å². The Morgan fingerprint density at radius 2 is 2.00 bits per heavy atom. The van der Waals surface area contributed by atoms with E-state index in [0.717, 1.165) is 4.47 Å². The normalized spacial score (nSPS) is 12.4. The second-order valence-electron chi connectivity index (χ2n) is 4.37. The number of halogens is 1. The third-order valence-corrected chi connectivity index (χ3v) is 3.33. The smallest absolute Gasteiger partial charge is 0.227 e. The van der Waals surface area contributed by atoms with Crippen molar-refractivity contribution in [2.45, 2.75) is 20.8 Å². The number of nitrogens with one attached hydrogen (secondary N) is 1. The molecular weight excluding hydrogens is 282 g/mol. The van der Waals surface area contributed by atoms with Crippen molar-refractivity contribution in [3.63, 3.8) is 0 Å². The summed E-state index contributed by atoms with van der Waals surface area (Å²) < 4.78 is 6.11. The molecule has 1 aromatic rings. The second kappa shape index (κ2) is 6.05. The van der Waals surface area contributed by atoms with Crippen LogP contribution in [0.2, 0.25) is 0 Å². The number of ether oxygens (including phenoxy) is 1. The van der Waals surface area contributed by atoms with E-state index < -0.39 is 0 Å². The molecule has 4 heteroatoms. The summed E-state index contributed by atoms with van der Waals surface area (Å²) in [6, 6.07) is 5.53. The maximum atomic E-state index is 12.0. The summed E-state index contributed by atoms with van der Waals surface area (Å²) >= 11 is 3.37. The van der Waals surface area contributed by atoms with Crippen molar-refractivity contribution in [1.82, 2.24) is 0 Å². The second-order valence-corrected chi connectivity index (χ2v) is 5.28. The van der Waals surface area contributed by atoms with E-state index >= 15 is 0 Å². The van der Waals surface area contributed by atoms with Gasteiger partial charge < -0.3 is 10.1 Å². The Labute approximate surface area is 111 Å². The standard InChI is InChI=1S/C13H18BrNO2/c1-8(2)9(3)13(16)15-11-7-10(14)5-6-12(11)17-4/h5-9H,1-4H3,(H,15,16). The number of carbonyl (C=O) groups is 1. The van der Waals surface area contributed by atoms with Crippen molar-refractivity contribution in [3.05, 3.63) is 22.7 Å². The topological polar surface area (TPSA) is 38.3 Å². The van der Waals surface area contributed by atoms with Crippen LogP contribution in [0.5, 0.6) is 5.75 Å². The number of rotatable bonds is 4. The van der Waals surface area contributed by atoms with Gasteiger partial charge in [-0.05, 0) is 24.1 Å². The zero-order valence-corrected chi connectivity index (χ0v) is 12.2. The summed E-state index contributed by atoms with van der Waals surface area (Å²) in [7, 11) is 1.59. The van der Waals surface area contributed by atoms with Gasteiger partial charge in [0, 0.05) is 10.4 Å². The SMILES string of the molecule is COc1ccc(Br)cc1NC(=O)C(C)C(C)C. The number of benzene rings is 1. The van der Waals surface area contributed by atoms with E-state index in [4.69, 9.17) is 4.74 Å². The minimum Gasteiger partial charge on any atom is -0.495 e. The first-order valence-corrected chi connectivity index (χ1v) is 6.39. The van der Waals surface area contributed by atoms with Crippen LogP contribution < -0.4 is 10.1 Å². The molecule has 17 heavy (non-hydrogen) atoms. The molecule has 1 atom stereocenters. The van der Waals surface area contributed by atoms with E-state index in [1.807, 2.05) is 39.0 Å². The highest BCUT2D eigenvalue weighted by Gasteiger charge is 2.18. The Kier molecular flexibility index (Phi) is 5.00. The van der Waals surface area contributed by atoms with Crippen molar-refractivity contribution < 1.29 is 9.53 Å². The molecule has 0 spiro atoms. The van der Waals surface area contributed by atoms with Crippen molar-refractivity contribution in [1.29, 1.82) is 0 Å². The van der Waals surface area contributed by atoms with E-state index in [1.165, 1.54) is 0 Å². The molecule has 0 aliphatic rings. The van der Waals surface area contributed by atoms with Gasteiger partial charge in [0.05, 0.1) is 12.8 Å². The Morgan fingerprint density at radius 1 is 1.35 bits per heavy atom. The van der Waals surface area contributed by atoms with E-state index in [2.05, 4.69) is 21.2 Å². The Balaban J connectivity index is 2.87. The number of carbonyl (C=O) groups excluding carboxylic acids is 1. The fraction of sp³-hybridized carbons (Fsp3) is 0.462. The molecule has 0 aliphatic carbocycles. The monoisotopic (exact) mass is 299 g/mol. The summed E-state index contributed by atoms with van der Waals surface area (Å²) in [6.45, 7) is 5.98. The first kappa shape index (κ1) is 14.0. The van der Waals surface area contributed by atoms with Gasteiger partial charge in [0.25, 0.3) is 0 Å². The summed E-state index contributed by atoms with van der Waals surface area (Å²) in [5.74, 6) is 0.959. The maximum Gasteiger partial charge on any atom is 0.227 e. The van der Waals surface area contributed by atoms with Gasteiger partial charge in [0.2, 0.25) is 5.91 Å². The zero-order chi connectivity index (χ0) is 13.0. The van der Waals surface area contributed by atoms with E-state index in [9.17, 15) is 4.79 Å².